The van der Waals surface area contributed by atoms with Gasteiger partial charge < -0.3 is 25.6 Å². The van der Waals surface area contributed by atoms with Crippen molar-refractivity contribution < 1.29 is 19.5 Å². The molecule has 2 aromatic rings. The van der Waals surface area contributed by atoms with Crippen LogP contribution < -0.4 is 10.6 Å². The lowest BCUT2D eigenvalue weighted by Gasteiger charge is -2.39. The smallest absolute Gasteiger partial charge is 0.326 e. The number of fused-ring (bicyclic) bond motifs is 1. The molecule has 3 rings (SSSR count). The van der Waals surface area contributed by atoms with Crippen molar-refractivity contribution in [3.63, 3.8) is 0 Å². The fourth-order valence-corrected chi connectivity index (χ4v) is 4.79. The van der Waals surface area contributed by atoms with Crippen LogP contribution in [0.2, 0.25) is 0 Å². The predicted molar refractivity (Wildman–Crippen MR) is 136 cm³/mol. The molecule has 35 heavy (non-hydrogen) atoms. The Morgan fingerprint density at radius 3 is 2.63 bits per heavy atom. The maximum Gasteiger partial charge on any atom is 0.326 e. The Labute approximate surface area is 210 Å². The Morgan fingerprint density at radius 1 is 1.26 bits per heavy atom. The van der Waals surface area contributed by atoms with Crippen LogP contribution in [0.25, 0.3) is 0 Å². The molecule has 10 heteroatoms. The number of aliphatic carboxylic acids is 1. The largest absolute Gasteiger partial charge is 0.480 e. The van der Waals surface area contributed by atoms with Gasteiger partial charge in [-0.25, -0.2) is 9.78 Å². The first-order chi connectivity index (χ1) is 16.8. The first-order valence-electron chi connectivity index (χ1n) is 11.9. The number of carbonyl (C=O) groups excluding carboxylic acids is 2. The zero-order valence-electron chi connectivity index (χ0n) is 20.5. The maximum absolute atomic E-state index is 13.8. The van der Waals surface area contributed by atoms with Gasteiger partial charge in [-0.3, -0.25) is 9.59 Å². The summed E-state index contributed by atoms with van der Waals surface area (Å²) in [7, 11) is 0. The second kappa shape index (κ2) is 12.7. The SMILES string of the molecule is CSCC[C@@H](NC(=O)C1Cc2ccccc2CN1C(=O)[C@@H](NCCc1cnc[nH]1)C(C)C)C(=O)O. The molecule has 1 aliphatic rings. The van der Waals surface area contributed by atoms with E-state index >= 15 is 0 Å². The number of rotatable bonds is 12. The van der Waals surface area contributed by atoms with E-state index in [9.17, 15) is 19.5 Å². The molecule has 9 nitrogen and oxygen atoms in total. The van der Waals surface area contributed by atoms with Crippen LogP contribution in [0.3, 0.4) is 0 Å². The molecule has 0 bridgehead atoms. The van der Waals surface area contributed by atoms with Crippen molar-refractivity contribution in [2.24, 2.45) is 5.92 Å². The number of nitrogens with one attached hydrogen (secondary N) is 3. The molecule has 2 heterocycles. The van der Waals surface area contributed by atoms with E-state index in [0.717, 1.165) is 16.8 Å². The molecule has 0 saturated heterocycles. The van der Waals surface area contributed by atoms with Crippen LogP contribution in [0, 0.1) is 5.92 Å². The Hall–Kier alpha value is -2.85. The highest BCUT2D eigenvalue weighted by Crippen LogP contribution is 2.25. The van der Waals surface area contributed by atoms with Crippen LogP contribution in [-0.4, -0.2) is 74.4 Å². The normalized spacial score (nSPS) is 17.0. The highest BCUT2D eigenvalue weighted by molar-refractivity contribution is 7.98. The number of carboxylic acids is 1. The predicted octanol–water partition coefficient (Wildman–Crippen LogP) is 1.84. The van der Waals surface area contributed by atoms with Crippen LogP contribution in [0.5, 0.6) is 0 Å². The van der Waals surface area contributed by atoms with Crippen molar-refractivity contribution >= 4 is 29.5 Å². The molecule has 3 atom stereocenters. The van der Waals surface area contributed by atoms with Crippen molar-refractivity contribution in [1.29, 1.82) is 0 Å². The third kappa shape index (κ3) is 7.08. The first kappa shape index (κ1) is 26.7. The number of H-pyrrole nitrogens is 1. The fraction of sp³-hybridized carbons (Fsp3) is 0.520. The van der Waals surface area contributed by atoms with Gasteiger partial charge in [-0.15, -0.1) is 0 Å². The highest BCUT2D eigenvalue weighted by atomic mass is 32.2. The molecular formula is C25H35N5O4S. The van der Waals surface area contributed by atoms with Crippen molar-refractivity contribution in [3.8, 4) is 0 Å². The van der Waals surface area contributed by atoms with E-state index in [1.165, 1.54) is 11.8 Å². The molecule has 190 valence electrons. The molecule has 1 unspecified atom stereocenters. The third-order valence-corrected chi connectivity index (χ3v) is 6.95. The average molecular weight is 502 g/mol. The van der Waals surface area contributed by atoms with Crippen molar-refractivity contribution in [2.45, 2.75) is 57.8 Å². The number of carboxylic acid groups (broad SMARTS) is 1. The summed E-state index contributed by atoms with van der Waals surface area (Å²) in [6.45, 7) is 4.83. The number of hydrogen-bond acceptors (Lipinski definition) is 6. The second-order valence-electron chi connectivity index (χ2n) is 9.14. The van der Waals surface area contributed by atoms with Gasteiger partial charge in [0, 0.05) is 37.8 Å². The minimum Gasteiger partial charge on any atom is -0.480 e. The van der Waals surface area contributed by atoms with Crippen molar-refractivity contribution in [2.75, 3.05) is 18.6 Å². The molecule has 1 aromatic carbocycles. The second-order valence-corrected chi connectivity index (χ2v) is 10.1. The monoisotopic (exact) mass is 501 g/mol. The van der Waals surface area contributed by atoms with Gasteiger partial charge >= 0.3 is 5.97 Å². The van der Waals surface area contributed by atoms with Crippen LogP contribution in [-0.2, 0) is 33.8 Å². The summed E-state index contributed by atoms with van der Waals surface area (Å²) >= 11 is 1.53. The number of hydrogen-bond donors (Lipinski definition) is 4. The minimum absolute atomic E-state index is 0.00139. The fourth-order valence-electron chi connectivity index (χ4n) is 4.32. The van der Waals surface area contributed by atoms with E-state index in [4.69, 9.17) is 0 Å². The van der Waals surface area contributed by atoms with Gasteiger partial charge in [0.25, 0.3) is 0 Å². The molecule has 1 aromatic heterocycles. The average Bonchev–Trinajstić information content (AvgIpc) is 3.36. The zero-order valence-corrected chi connectivity index (χ0v) is 21.3. The zero-order chi connectivity index (χ0) is 25.4. The summed E-state index contributed by atoms with van der Waals surface area (Å²) in [6.07, 6.45) is 6.64. The number of carbonyl (C=O) groups is 3. The van der Waals surface area contributed by atoms with Crippen LogP contribution in [0.4, 0.5) is 0 Å². The van der Waals surface area contributed by atoms with Gasteiger partial charge in [0.1, 0.15) is 12.1 Å². The molecule has 4 N–H and O–H groups in total. The van der Waals surface area contributed by atoms with Gasteiger partial charge in [0.15, 0.2) is 0 Å². The van der Waals surface area contributed by atoms with E-state index in [1.807, 2.05) is 44.4 Å². The molecular weight excluding hydrogens is 466 g/mol. The van der Waals surface area contributed by atoms with Gasteiger partial charge in [0.2, 0.25) is 11.8 Å². The minimum atomic E-state index is -1.07. The summed E-state index contributed by atoms with van der Waals surface area (Å²) < 4.78 is 0. The Balaban J connectivity index is 1.79. The van der Waals surface area contributed by atoms with Crippen molar-refractivity contribution in [1.82, 2.24) is 25.5 Å². The Morgan fingerprint density at radius 2 is 2.00 bits per heavy atom. The molecule has 0 fully saturated rings. The van der Waals surface area contributed by atoms with Gasteiger partial charge in [-0.1, -0.05) is 38.1 Å². The number of imidazole rings is 1. The summed E-state index contributed by atoms with van der Waals surface area (Å²) in [5, 5.41) is 15.6. The van der Waals surface area contributed by atoms with E-state index in [2.05, 4.69) is 20.6 Å². The number of aromatic amines is 1. The number of amides is 2. The number of aromatic nitrogens is 2. The summed E-state index contributed by atoms with van der Waals surface area (Å²) in [4.78, 5) is 47.6. The lowest BCUT2D eigenvalue weighted by Crippen LogP contribution is -2.59. The maximum atomic E-state index is 13.8. The Bertz CT molecular complexity index is 998. The topological polar surface area (TPSA) is 127 Å². The van der Waals surface area contributed by atoms with Gasteiger partial charge in [-0.05, 0) is 35.5 Å². The van der Waals surface area contributed by atoms with Crippen LogP contribution in [0.15, 0.2) is 36.8 Å². The highest BCUT2D eigenvalue weighted by Gasteiger charge is 2.39. The first-order valence-corrected chi connectivity index (χ1v) is 13.3. The number of benzene rings is 1. The van der Waals surface area contributed by atoms with Crippen LogP contribution in [0.1, 0.15) is 37.1 Å². The molecule has 2 amide bonds. The van der Waals surface area contributed by atoms with Crippen LogP contribution >= 0.6 is 11.8 Å². The van der Waals surface area contributed by atoms with Gasteiger partial charge in [-0.2, -0.15) is 11.8 Å². The van der Waals surface area contributed by atoms with E-state index in [0.29, 0.717) is 38.1 Å². The Kier molecular flexibility index (Phi) is 9.73. The van der Waals surface area contributed by atoms with E-state index < -0.39 is 30.0 Å². The number of nitrogens with zero attached hydrogens (tertiary/aromatic N) is 2. The molecule has 0 spiro atoms. The van der Waals surface area contributed by atoms with E-state index in [1.54, 1.807) is 17.4 Å². The van der Waals surface area contributed by atoms with Crippen molar-refractivity contribution in [3.05, 3.63) is 53.6 Å². The van der Waals surface area contributed by atoms with E-state index in [-0.39, 0.29) is 11.8 Å². The lowest BCUT2D eigenvalue weighted by molar-refractivity contribution is -0.146. The number of thioether (sulfide) groups is 1. The molecule has 0 radical (unpaired) electrons. The summed E-state index contributed by atoms with van der Waals surface area (Å²) in [6, 6.07) is 5.53. The quantitative estimate of drug-likeness (QED) is 0.349. The lowest BCUT2D eigenvalue weighted by atomic mass is 9.91. The molecule has 0 aliphatic carbocycles. The summed E-state index contributed by atoms with van der Waals surface area (Å²) in [5.74, 6) is -1.04. The third-order valence-electron chi connectivity index (χ3n) is 6.31. The van der Waals surface area contributed by atoms with Gasteiger partial charge in [0.05, 0.1) is 12.4 Å². The molecule has 0 saturated carbocycles. The standard InChI is InChI=1S/C25H35N5O4S/c1-16(2)22(27-10-8-19-13-26-15-28-19)24(32)30-14-18-7-5-4-6-17(18)12-21(30)23(31)29-20(25(33)34)9-11-35-3/h4-7,13,15-16,20-22,27H,8-12,14H2,1-3H3,(H,26,28)(H,29,31)(H,33,34)/t20-,21?,22+/m1/s1. The summed E-state index contributed by atoms with van der Waals surface area (Å²) in [5.41, 5.74) is 2.98. The molecule has 1 aliphatic heterocycles.